The van der Waals surface area contributed by atoms with Gasteiger partial charge in [-0.25, -0.2) is 13.6 Å². The molecule has 0 radical (unpaired) electrons. The van der Waals surface area contributed by atoms with Crippen molar-refractivity contribution < 1.29 is 22.7 Å². The van der Waals surface area contributed by atoms with Gasteiger partial charge < -0.3 is 14.5 Å². The Morgan fingerprint density at radius 3 is 2.60 bits per heavy atom. The van der Waals surface area contributed by atoms with Gasteiger partial charge in [0.25, 0.3) is 0 Å². The molecule has 4 nitrogen and oxygen atoms in total. The molecule has 0 saturated heterocycles. The van der Waals surface area contributed by atoms with Crippen molar-refractivity contribution in [3.05, 3.63) is 59.1 Å². The second-order valence-electron chi connectivity index (χ2n) is 4.09. The highest BCUT2D eigenvalue weighted by molar-refractivity contribution is 5.86. The first-order valence-corrected chi connectivity index (χ1v) is 5.87. The van der Waals surface area contributed by atoms with Crippen LogP contribution in [0.1, 0.15) is 27.9 Å². The normalized spacial score (nSPS) is 12.2. The van der Waals surface area contributed by atoms with Gasteiger partial charge in [0, 0.05) is 0 Å². The lowest BCUT2D eigenvalue weighted by molar-refractivity contribution is 0.0562. The van der Waals surface area contributed by atoms with E-state index in [0.717, 1.165) is 12.1 Å². The molecule has 2 rings (SSSR count). The fourth-order valence-electron chi connectivity index (χ4n) is 1.88. The second-order valence-corrected chi connectivity index (χ2v) is 4.09. The van der Waals surface area contributed by atoms with E-state index >= 15 is 0 Å². The van der Waals surface area contributed by atoms with Crippen molar-refractivity contribution in [2.75, 3.05) is 14.2 Å². The molecule has 2 aromatic rings. The molecule has 106 valence electrons. The van der Waals surface area contributed by atoms with Crippen molar-refractivity contribution in [2.45, 2.75) is 6.04 Å². The number of furan rings is 1. The monoisotopic (exact) mass is 281 g/mol. The number of nitrogens with one attached hydrogen (secondary N) is 1. The third-order valence-electron chi connectivity index (χ3n) is 2.86. The Morgan fingerprint density at radius 2 is 2.00 bits per heavy atom. The van der Waals surface area contributed by atoms with Crippen LogP contribution < -0.4 is 5.32 Å². The van der Waals surface area contributed by atoms with E-state index in [-0.39, 0.29) is 5.76 Å². The molecule has 0 fully saturated rings. The predicted molar refractivity (Wildman–Crippen MR) is 67.3 cm³/mol. The average molecular weight is 281 g/mol. The highest BCUT2D eigenvalue weighted by Crippen LogP contribution is 2.25. The van der Waals surface area contributed by atoms with Crippen LogP contribution in [0.25, 0.3) is 0 Å². The van der Waals surface area contributed by atoms with E-state index in [9.17, 15) is 13.6 Å². The number of rotatable bonds is 4. The third kappa shape index (κ3) is 2.70. The summed E-state index contributed by atoms with van der Waals surface area (Å²) in [6.45, 7) is 0. The zero-order valence-corrected chi connectivity index (χ0v) is 10.9. The Labute approximate surface area is 114 Å². The van der Waals surface area contributed by atoms with Crippen molar-refractivity contribution in [3.8, 4) is 0 Å². The maximum Gasteiger partial charge on any atom is 0.373 e. The van der Waals surface area contributed by atoms with E-state index in [1.807, 2.05) is 0 Å². The number of benzene rings is 1. The fourth-order valence-corrected chi connectivity index (χ4v) is 1.88. The molecule has 1 atom stereocenters. The van der Waals surface area contributed by atoms with E-state index in [1.54, 1.807) is 13.1 Å². The Hall–Kier alpha value is -2.21. The summed E-state index contributed by atoms with van der Waals surface area (Å²) < 4.78 is 36.1. The number of methoxy groups -OCH3 is 1. The lowest BCUT2D eigenvalue weighted by atomic mass is 10.0. The van der Waals surface area contributed by atoms with Crippen LogP contribution in [-0.4, -0.2) is 20.1 Å². The zero-order chi connectivity index (χ0) is 14.7. The summed E-state index contributed by atoms with van der Waals surface area (Å²) in [6, 6.07) is 6.11. The quantitative estimate of drug-likeness (QED) is 0.875. The summed E-state index contributed by atoms with van der Waals surface area (Å²) in [7, 11) is 2.89. The van der Waals surface area contributed by atoms with Crippen LogP contribution in [0.15, 0.2) is 34.7 Å². The fraction of sp³-hybridized carbons (Fsp3) is 0.214. The summed E-state index contributed by atoms with van der Waals surface area (Å²) in [4.78, 5) is 11.3. The van der Waals surface area contributed by atoms with Crippen LogP contribution in [0.3, 0.4) is 0 Å². The molecule has 1 heterocycles. The SMILES string of the molecule is CNC(c1ccc(F)c(F)c1)c1ccc(C(=O)OC)o1. The lowest BCUT2D eigenvalue weighted by Crippen LogP contribution is -2.17. The van der Waals surface area contributed by atoms with Crippen molar-refractivity contribution in [1.82, 2.24) is 5.32 Å². The topological polar surface area (TPSA) is 51.5 Å². The number of halogens is 2. The van der Waals surface area contributed by atoms with E-state index in [2.05, 4.69) is 10.1 Å². The number of hydrogen-bond donors (Lipinski definition) is 1. The molecule has 6 heteroatoms. The van der Waals surface area contributed by atoms with Crippen LogP contribution in [0.2, 0.25) is 0 Å². The van der Waals surface area contributed by atoms with Crippen molar-refractivity contribution in [3.63, 3.8) is 0 Å². The average Bonchev–Trinajstić information content (AvgIpc) is 2.92. The molecule has 20 heavy (non-hydrogen) atoms. The van der Waals surface area contributed by atoms with Crippen molar-refractivity contribution in [2.24, 2.45) is 0 Å². The number of esters is 1. The molecular formula is C14H13F2NO3. The number of ether oxygens (including phenoxy) is 1. The molecule has 1 unspecified atom stereocenters. The van der Waals surface area contributed by atoms with E-state index < -0.39 is 23.6 Å². The van der Waals surface area contributed by atoms with Gasteiger partial charge in [-0.3, -0.25) is 0 Å². The molecule has 1 N–H and O–H groups in total. The molecule has 1 aromatic carbocycles. The first kappa shape index (κ1) is 14.2. The van der Waals surface area contributed by atoms with Gasteiger partial charge in [-0.05, 0) is 36.9 Å². The number of carbonyl (C=O) groups excluding carboxylic acids is 1. The summed E-state index contributed by atoms with van der Waals surface area (Å²) >= 11 is 0. The van der Waals surface area contributed by atoms with Crippen LogP contribution in [0.4, 0.5) is 8.78 Å². The van der Waals surface area contributed by atoms with E-state index in [0.29, 0.717) is 11.3 Å². The third-order valence-corrected chi connectivity index (χ3v) is 2.86. The van der Waals surface area contributed by atoms with E-state index in [4.69, 9.17) is 4.42 Å². The minimum atomic E-state index is -0.942. The summed E-state index contributed by atoms with van der Waals surface area (Å²) in [5.41, 5.74) is 0.483. The maximum absolute atomic E-state index is 13.3. The Balaban J connectivity index is 2.34. The molecule has 0 aliphatic carbocycles. The minimum Gasteiger partial charge on any atom is -0.463 e. The summed E-state index contributed by atoms with van der Waals surface area (Å²) in [5.74, 6) is -2.01. The highest BCUT2D eigenvalue weighted by Gasteiger charge is 2.20. The molecule has 1 aromatic heterocycles. The van der Waals surface area contributed by atoms with Gasteiger partial charge >= 0.3 is 5.97 Å². The lowest BCUT2D eigenvalue weighted by Gasteiger charge is -2.14. The number of carbonyl (C=O) groups is 1. The zero-order valence-electron chi connectivity index (χ0n) is 10.9. The summed E-state index contributed by atoms with van der Waals surface area (Å²) in [5, 5.41) is 2.92. The van der Waals surface area contributed by atoms with Crippen LogP contribution in [-0.2, 0) is 4.74 Å². The van der Waals surface area contributed by atoms with Crippen LogP contribution in [0, 0.1) is 11.6 Å². The Kier molecular flexibility index (Phi) is 4.14. The second kappa shape index (κ2) is 5.83. The highest BCUT2D eigenvalue weighted by atomic mass is 19.2. The summed E-state index contributed by atoms with van der Waals surface area (Å²) in [6.07, 6.45) is 0. The van der Waals surface area contributed by atoms with Gasteiger partial charge in [0.15, 0.2) is 11.6 Å². The molecule has 0 aliphatic rings. The van der Waals surface area contributed by atoms with Gasteiger partial charge in [0.05, 0.1) is 13.2 Å². The van der Waals surface area contributed by atoms with Crippen LogP contribution >= 0.6 is 0 Å². The minimum absolute atomic E-state index is 0.0466. The first-order valence-electron chi connectivity index (χ1n) is 5.87. The van der Waals surface area contributed by atoms with Gasteiger partial charge in [-0.2, -0.15) is 0 Å². The van der Waals surface area contributed by atoms with Gasteiger partial charge in [0.1, 0.15) is 5.76 Å². The molecule has 0 spiro atoms. The van der Waals surface area contributed by atoms with Crippen molar-refractivity contribution >= 4 is 5.97 Å². The van der Waals surface area contributed by atoms with E-state index in [1.165, 1.54) is 19.2 Å². The van der Waals surface area contributed by atoms with Gasteiger partial charge in [-0.1, -0.05) is 6.07 Å². The Morgan fingerprint density at radius 1 is 1.25 bits per heavy atom. The smallest absolute Gasteiger partial charge is 0.373 e. The molecule has 0 aliphatic heterocycles. The predicted octanol–water partition coefficient (Wildman–Crippen LogP) is 2.65. The van der Waals surface area contributed by atoms with Crippen LogP contribution in [0.5, 0.6) is 0 Å². The van der Waals surface area contributed by atoms with Gasteiger partial charge in [0.2, 0.25) is 5.76 Å². The Bertz CT molecular complexity index is 625. The number of hydrogen-bond acceptors (Lipinski definition) is 4. The van der Waals surface area contributed by atoms with Crippen molar-refractivity contribution in [1.29, 1.82) is 0 Å². The standard InChI is InChI=1S/C14H13F2NO3/c1-17-13(8-3-4-9(15)10(16)7-8)11-5-6-12(20-11)14(18)19-2/h3-7,13,17H,1-2H3. The maximum atomic E-state index is 13.3. The molecule has 0 amide bonds. The molecule has 0 saturated carbocycles. The molecule has 0 bridgehead atoms. The largest absolute Gasteiger partial charge is 0.463 e. The first-order chi connectivity index (χ1) is 9.56. The van der Waals surface area contributed by atoms with Gasteiger partial charge in [-0.15, -0.1) is 0 Å². The molecular weight excluding hydrogens is 268 g/mol.